The summed E-state index contributed by atoms with van der Waals surface area (Å²) in [6.45, 7) is 4.89. The van der Waals surface area contributed by atoms with Gasteiger partial charge in [0.05, 0.1) is 0 Å². The minimum atomic E-state index is -3.62. The van der Waals surface area contributed by atoms with Crippen LogP contribution in [-0.2, 0) is 16.6 Å². The number of aryl methyl sites for hydroxylation is 1. The third-order valence-electron chi connectivity index (χ3n) is 3.34. The number of unbranched alkanes of at least 4 members (excludes halogenated alkanes) is 2. The van der Waals surface area contributed by atoms with E-state index in [1.165, 1.54) is 28.2 Å². The average Bonchev–Trinajstić information content (AvgIpc) is 2.84. The molecule has 7 heteroatoms. The highest BCUT2D eigenvalue weighted by atomic mass is 32.2. The Kier molecular flexibility index (Phi) is 6.42. The van der Waals surface area contributed by atoms with Gasteiger partial charge in [-0.05, 0) is 18.9 Å². The molecule has 0 aliphatic heterocycles. The van der Waals surface area contributed by atoms with Gasteiger partial charge in [-0.2, -0.15) is 0 Å². The molecule has 1 N–H and O–H groups in total. The monoisotopic (exact) mass is 316 g/mol. The highest BCUT2D eigenvalue weighted by Gasteiger charge is 2.24. The zero-order valence-electron chi connectivity index (χ0n) is 12.9. The number of aromatic carboxylic acids is 1. The zero-order chi connectivity index (χ0) is 16.0. The van der Waals surface area contributed by atoms with Gasteiger partial charge in [0.1, 0.15) is 10.6 Å². The van der Waals surface area contributed by atoms with Gasteiger partial charge in [0.2, 0.25) is 10.0 Å². The first-order valence-corrected chi connectivity index (χ1v) is 8.68. The van der Waals surface area contributed by atoms with Crippen molar-refractivity contribution in [2.24, 2.45) is 0 Å². The smallest absolute Gasteiger partial charge is 0.352 e. The van der Waals surface area contributed by atoms with Crippen molar-refractivity contribution in [3.05, 3.63) is 18.0 Å². The minimum absolute atomic E-state index is 0.0115. The van der Waals surface area contributed by atoms with Crippen LogP contribution in [0.25, 0.3) is 0 Å². The number of carboxylic acids is 1. The van der Waals surface area contributed by atoms with Gasteiger partial charge in [-0.3, -0.25) is 0 Å². The first kappa shape index (κ1) is 17.7. The van der Waals surface area contributed by atoms with Crippen LogP contribution in [0.15, 0.2) is 17.2 Å². The summed E-state index contributed by atoms with van der Waals surface area (Å²) in [5, 5.41) is 9.15. The zero-order valence-corrected chi connectivity index (χ0v) is 13.7. The van der Waals surface area contributed by atoms with E-state index in [0.29, 0.717) is 13.1 Å². The molecule has 0 aliphatic carbocycles. The second-order valence-corrected chi connectivity index (χ2v) is 7.14. The van der Waals surface area contributed by atoms with Gasteiger partial charge in [0, 0.05) is 26.3 Å². The van der Waals surface area contributed by atoms with Crippen LogP contribution in [0.3, 0.4) is 0 Å². The molecule has 0 saturated carbocycles. The number of hydrogen-bond acceptors (Lipinski definition) is 3. The maximum Gasteiger partial charge on any atom is 0.352 e. The molecule has 0 amide bonds. The molecule has 0 aliphatic rings. The summed E-state index contributed by atoms with van der Waals surface area (Å²) in [4.78, 5) is 11.2. The number of hydrogen-bond donors (Lipinski definition) is 1. The predicted octanol–water partition coefficient (Wildman–Crippen LogP) is 2.41. The summed E-state index contributed by atoms with van der Waals surface area (Å²) >= 11 is 0. The maximum absolute atomic E-state index is 12.4. The van der Waals surface area contributed by atoms with E-state index in [1.807, 2.05) is 6.92 Å². The fourth-order valence-electron chi connectivity index (χ4n) is 2.11. The van der Waals surface area contributed by atoms with Crippen molar-refractivity contribution >= 4 is 16.0 Å². The molecule has 0 saturated heterocycles. The molecule has 6 nitrogen and oxygen atoms in total. The van der Waals surface area contributed by atoms with E-state index in [1.54, 1.807) is 0 Å². The standard InChI is InChI=1S/C14H24N2O4S/c1-4-6-7-9-15(3)21(19,20)12-10-13(14(17)18)16(11-12)8-5-2/h10-11H,4-9H2,1-3H3,(H,17,18). The van der Waals surface area contributed by atoms with Crippen LogP contribution < -0.4 is 0 Å². The Morgan fingerprint density at radius 3 is 2.48 bits per heavy atom. The number of carboxylic acid groups (broad SMARTS) is 1. The van der Waals surface area contributed by atoms with Gasteiger partial charge in [-0.1, -0.05) is 26.7 Å². The predicted molar refractivity (Wildman–Crippen MR) is 81.0 cm³/mol. The molecule has 1 aromatic rings. The largest absolute Gasteiger partial charge is 0.477 e. The van der Waals surface area contributed by atoms with E-state index in [9.17, 15) is 13.2 Å². The Morgan fingerprint density at radius 2 is 1.95 bits per heavy atom. The molecule has 1 heterocycles. The van der Waals surface area contributed by atoms with E-state index in [-0.39, 0.29) is 10.6 Å². The second-order valence-electron chi connectivity index (χ2n) is 5.09. The molecule has 0 spiro atoms. The Labute approximate surface area is 126 Å². The highest BCUT2D eigenvalue weighted by molar-refractivity contribution is 7.89. The molecule has 1 aromatic heterocycles. The van der Waals surface area contributed by atoms with Crippen LogP contribution in [0, 0.1) is 0 Å². The third-order valence-corrected chi connectivity index (χ3v) is 5.16. The third kappa shape index (κ3) is 4.31. The molecule has 0 atom stereocenters. The maximum atomic E-state index is 12.4. The van der Waals surface area contributed by atoms with Crippen molar-refractivity contribution in [1.29, 1.82) is 0 Å². The number of nitrogens with zero attached hydrogens (tertiary/aromatic N) is 2. The van der Waals surface area contributed by atoms with Crippen LogP contribution in [0.4, 0.5) is 0 Å². The molecule has 0 aromatic carbocycles. The van der Waals surface area contributed by atoms with E-state index in [0.717, 1.165) is 25.7 Å². The van der Waals surface area contributed by atoms with Crippen molar-refractivity contribution in [3.8, 4) is 0 Å². The summed E-state index contributed by atoms with van der Waals surface area (Å²) in [5.41, 5.74) is 0.0115. The lowest BCUT2D eigenvalue weighted by Crippen LogP contribution is -2.27. The molecular weight excluding hydrogens is 292 g/mol. The van der Waals surface area contributed by atoms with Crippen LogP contribution in [0.2, 0.25) is 0 Å². The normalized spacial score (nSPS) is 12.0. The van der Waals surface area contributed by atoms with E-state index >= 15 is 0 Å². The quantitative estimate of drug-likeness (QED) is 0.709. The molecule has 0 radical (unpaired) electrons. The highest BCUT2D eigenvalue weighted by Crippen LogP contribution is 2.19. The van der Waals surface area contributed by atoms with Crippen molar-refractivity contribution in [1.82, 2.24) is 8.87 Å². The Bertz CT molecular complexity index is 578. The van der Waals surface area contributed by atoms with Crippen LogP contribution in [0.5, 0.6) is 0 Å². The summed E-state index contributed by atoms with van der Waals surface area (Å²) in [6, 6.07) is 1.24. The van der Waals surface area contributed by atoms with Crippen LogP contribution in [-0.4, -0.2) is 42.0 Å². The van der Waals surface area contributed by atoms with E-state index in [2.05, 4.69) is 6.92 Å². The molecular formula is C14H24N2O4S. The van der Waals surface area contributed by atoms with Crippen molar-refractivity contribution < 1.29 is 18.3 Å². The van der Waals surface area contributed by atoms with Gasteiger partial charge >= 0.3 is 5.97 Å². The van der Waals surface area contributed by atoms with E-state index < -0.39 is 16.0 Å². The van der Waals surface area contributed by atoms with Gasteiger partial charge in [0.15, 0.2) is 0 Å². The lowest BCUT2D eigenvalue weighted by Gasteiger charge is -2.15. The SMILES string of the molecule is CCCCCN(C)S(=O)(=O)c1cc(C(=O)O)n(CCC)c1. The van der Waals surface area contributed by atoms with Gasteiger partial charge in [-0.15, -0.1) is 0 Å². The van der Waals surface area contributed by atoms with Crippen molar-refractivity contribution in [2.75, 3.05) is 13.6 Å². The fraction of sp³-hybridized carbons (Fsp3) is 0.643. The summed E-state index contributed by atoms with van der Waals surface area (Å²) < 4.78 is 27.6. The molecule has 0 fully saturated rings. The van der Waals surface area contributed by atoms with Crippen molar-refractivity contribution in [2.45, 2.75) is 51.0 Å². The lowest BCUT2D eigenvalue weighted by atomic mass is 10.2. The Balaban J connectivity index is 3.02. The molecule has 0 unspecified atom stereocenters. The number of rotatable bonds is 9. The lowest BCUT2D eigenvalue weighted by molar-refractivity contribution is 0.0685. The summed E-state index contributed by atoms with van der Waals surface area (Å²) in [5.74, 6) is -1.11. The number of carbonyl (C=O) groups is 1. The van der Waals surface area contributed by atoms with Crippen LogP contribution >= 0.6 is 0 Å². The van der Waals surface area contributed by atoms with Crippen LogP contribution in [0.1, 0.15) is 50.0 Å². The van der Waals surface area contributed by atoms with Crippen molar-refractivity contribution in [3.63, 3.8) is 0 Å². The van der Waals surface area contributed by atoms with Gasteiger partial charge in [-0.25, -0.2) is 17.5 Å². The molecule has 120 valence electrons. The second kappa shape index (κ2) is 7.61. The molecule has 1 rings (SSSR count). The summed E-state index contributed by atoms with van der Waals surface area (Å²) in [6.07, 6.45) is 4.94. The molecule has 21 heavy (non-hydrogen) atoms. The first-order chi connectivity index (χ1) is 9.84. The molecule has 0 bridgehead atoms. The van der Waals surface area contributed by atoms with Gasteiger partial charge in [0.25, 0.3) is 0 Å². The van der Waals surface area contributed by atoms with Gasteiger partial charge < -0.3 is 9.67 Å². The topological polar surface area (TPSA) is 79.6 Å². The first-order valence-electron chi connectivity index (χ1n) is 7.24. The number of sulfonamides is 1. The Hall–Kier alpha value is -1.34. The summed E-state index contributed by atoms with van der Waals surface area (Å²) in [7, 11) is -2.09. The number of aromatic nitrogens is 1. The average molecular weight is 316 g/mol. The Morgan fingerprint density at radius 1 is 1.29 bits per heavy atom. The minimum Gasteiger partial charge on any atom is -0.477 e. The van der Waals surface area contributed by atoms with E-state index in [4.69, 9.17) is 5.11 Å². The fourth-order valence-corrected chi connectivity index (χ4v) is 3.36.